The van der Waals surface area contributed by atoms with Crippen molar-refractivity contribution in [1.29, 1.82) is 0 Å². The van der Waals surface area contributed by atoms with Gasteiger partial charge >= 0.3 is 0 Å². The highest BCUT2D eigenvalue weighted by Crippen LogP contribution is 2.50. The van der Waals surface area contributed by atoms with E-state index < -0.39 is 0 Å². The molecule has 0 aromatic heterocycles. The summed E-state index contributed by atoms with van der Waals surface area (Å²) in [4.78, 5) is 14.1. The quantitative estimate of drug-likeness (QED) is 0.795. The number of benzene rings is 1. The molecular weight excluding hydrogens is 246 g/mol. The van der Waals surface area contributed by atoms with Gasteiger partial charge in [-0.2, -0.15) is 0 Å². The normalized spacial score (nSPS) is 21.7. The summed E-state index contributed by atoms with van der Waals surface area (Å²) in [6.45, 7) is 3.00. The lowest BCUT2D eigenvalue weighted by Crippen LogP contribution is -2.29. The lowest BCUT2D eigenvalue weighted by atomic mass is 10.1. The fraction of sp³-hybridized carbons (Fsp3) is 0.533. The van der Waals surface area contributed by atoms with Crippen LogP contribution in [-0.2, 0) is 4.79 Å². The molecular formula is C15H20ClNO. The lowest BCUT2D eigenvalue weighted by Gasteiger charge is -2.16. The van der Waals surface area contributed by atoms with Gasteiger partial charge in [0.05, 0.1) is 0 Å². The molecule has 2 rings (SSSR count). The predicted molar refractivity (Wildman–Crippen MR) is 74.8 cm³/mol. The van der Waals surface area contributed by atoms with Gasteiger partial charge in [0.2, 0.25) is 5.91 Å². The second-order valence-corrected chi connectivity index (χ2v) is 5.49. The standard InChI is InChI=1S/C15H20ClNO/c1-3-4-9-17(2)15(18)13-10-12(13)11-7-5-6-8-14(11)16/h5-8,12-13H,3-4,9-10H2,1-2H3. The highest BCUT2D eigenvalue weighted by Gasteiger charge is 2.45. The van der Waals surface area contributed by atoms with Crippen LogP contribution in [0.4, 0.5) is 0 Å². The van der Waals surface area contributed by atoms with Crippen molar-refractivity contribution in [3.63, 3.8) is 0 Å². The van der Waals surface area contributed by atoms with Crippen molar-refractivity contribution in [3.05, 3.63) is 34.9 Å². The molecule has 2 atom stereocenters. The van der Waals surface area contributed by atoms with Crippen molar-refractivity contribution >= 4 is 17.5 Å². The Morgan fingerprint density at radius 2 is 2.17 bits per heavy atom. The summed E-state index contributed by atoms with van der Waals surface area (Å²) in [5.74, 6) is 0.746. The van der Waals surface area contributed by atoms with E-state index in [-0.39, 0.29) is 11.8 Å². The average molecular weight is 266 g/mol. The first kappa shape index (κ1) is 13.4. The molecule has 0 aliphatic heterocycles. The number of halogens is 1. The van der Waals surface area contributed by atoms with Gasteiger partial charge in [-0.05, 0) is 30.4 Å². The van der Waals surface area contributed by atoms with Crippen LogP contribution in [0, 0.1) is 5.92 Å². The number of rotatable bonds is 5. The van der Waals surface area contributed by atoms with Crippen LogP contribution in [0.1, 0.15) is 37.7 Å². The van der Waals surface area contributed by atoms with E-state index in [2.05, 4.69) is 6.92 Å². The molecule has 98 valence electrons. The first-order valence-corrected chi connectivity index (χ1v) is 7.02. The molecule has 1 aromatic rings. The zero-order chi connectivity index (χ0) is 13.1. The minimum atomic E-state index is 0.145. The molecule has 2 unspecified atom stereocenters. The molecule has 1 aliphatic rings. The number of carbonyl (C=O) groups excluding carboxylic acids is 1. The molecule has 18 heavy (non-hydrogen) atoms. The molecule has 2 nitrogen and oxygen atoms in total. The van der Waals surface area contributed by atoms with Crippen molar-refractivity contribution in [2.24, 2.45) is 5.92 Å². The van der Waals surface area contributed by atoms with Crippen LogP contribution in [0.5, 0.6) is 0 Å². The Kier molecular flexibility index (Phi) is 4.28. The minimum absolute atomic E-state index is 0.145. The van der Waals surface area contributed by atoms with Crippen molar-refractivity contribution in [2.45, 2.75) is 32.1 Å². The van der Waals surface area contributed by atoms with E-state index in [1.54, 1.807) is 0 Å². The molecule has 1 aliphatic carbocycles. The van der Waals surface area contributed by atoms with E-state index in [1.165, 1.54) is 0 Å². The third-order valence-electron chi connectivity index (χ3n) is 3.64. The Bertz CT molecular complexity index is 432. The van der Waals surface area contributed by atoms with E-state index in [9.17, 15) is 4.79 Å². The summed E-state index contributed by atoms with van der Waals surface area (Å²) in [7, 11) is 1.90. The van der Waals surface area contributed by atoms with Gasteiger partial charge in [-0.15, -0.1) is 0 Å². The predicted octanol–water partition coefficient (Wildman–Crippen LogP) is 3.70. The molecule has 0 N–H and O–H groups in total. The second kappa shape index (κ2) is 5.75. The van der Waals surface area contributed by atoms with Gasteiger partial charge in [0.1, 0.15) is 0 Å². The van der Waals surface area contributed by atoms with Crippen LogP contribution < -0.4 is 0 Å². The number of amides is 1. The van der Waals surface area contributed by atoms with Gasteiger partial charge in [0.25, 0.3) is 0 Å². The Morgan fingerprint density at radius 1 is 1.44 bits per heavy atom. The van der Waals surface area contributed by atoms with Crippen LogP contribution in [0.3, 0.4) is 0 Å². The van der Waals surface area contributed by atoms with E-state index in [0.717, 1.165) is 36.4 Å². The third-order valence-corrected chi connectivity index (χ3v) is 3.98. The first-order chi connectivity index (χ1) is 8.65. The van der Waals surface area contributed by atoms with Gasteiger partial charge in [-0.3, -0.25) is 4.79 Å². The van der Waals surface area contributed by atoms with E-state index in [0.29, 0.717) is 5.92 Å². The van der Waals surface area contributed by atoms with E-state index >= 15 is 0 Å². The van der Waals surface area contributed by atoms with Gasteiger partial charge in [-0.1, -0.05) is 43.1 Å². The molecule has 1 amide bonds. The van der Waals surface area contributed by atoms with Crippen molar-refractivity contribution < 1.29 is 4.79 Å². The van der Waals surface area contributed by atoms with Crippen LogP contribution in [0.15, 0.2) is 24.3 Å². The van der Waals surface area contributed by atoms with Crippen LogP contribution in [0.25, 0.3) is 0 Å². The second-order valence-electron chi connectivity index (χ2n) is 5.08. The SMILES string of the molecule is CCCCN(C)C(=O)C1CC1c1ccccc1Cl. The maximum Gasteiger partial charge on any atom is 0.226 e. The zero-order valence-electron chi connectivity index (χ0n) is 11.0. The van der Waals surface area contributed by atoms with Gasteiger partial charge in [0, 0.05) is 24.5 Å². The largest absolute Gasteiger partial charge is 0.346 e. The fourth-order valence-corrected chi connectivity index (χ4v) is 2.65. The summed E-state index contributed by atoms with van der Waals surface area (Å²) >= 11 is 6.17. The molecule has 0 spiro atoms. The summed E-state index contributed by atoms with van der Waals surface area (Å²) in [5, 5.41) is 0.786. The first-order valence-electron chi connectivity index (χ1n) is 6.64. The summed E-state index contributed by atoms with van der Waals surface area (Å²) in [5.41, 5.74) is 1.13. The Morgan fingerprint density at radius 3 is 2.83 bits per heavy atom. The molecule has 0 saturated heterocycles. The van der Waals surface area contributed by atoms with Gasteiger partial charge < -0.3 is 4.90 Å². The highest BCUT2D eigenvalue weighted by atomic mass is 35.5. The minimum Gasteiger partial charge on any atom is -0.346 e. The van der Waals surface area contributed by atoms with Crippen molar-refractivity contribution in [3.8, 4) is 0 Å². The van der Waals surface area contributed by atoms with Gasteiger partial charge in [-0.25, -0.2) is 0 Å². The smallest absolute Gasteiger partial charge is 0.226 e. The maximum atomic E-state index is 12.2. The summed E-state index contributed by atoms with van der Waals surface area (Å²) < 4.78 is 0. The van der Waals surface area contributed by atoms with Crippen molar-refractivity contribution in [2.75, 3.05) is 13.6 Å². The highest BCUT2D eigenvalue weighted by molar-refractivity contribution is 6.31. The number of carbonyl (C=O) groups is 1. The Balaban J connectivity index is 1.95. The van der Waals surface area contributed by atoms with Crippen LogP contribution >= 0.6 is 11.6 Å². The fourth-order valence-electron chi connectivity index (χ4n) is 2.38. The molecule has 1 fully saturated rings. The molecule has 0 heterocycles. The van der Waals surface area contributed by atoms with E-state index in [1.807, 2.05) is 36.2 Å². The average Bonchev–Trinajstić information content (AvgIpc) is 3.15. The Hall–Kier alpha value is -1.02. The number of hydrogen-bond acceptors (Lipinski definition) is 1. The number of hydrogen-bond donors (Lipinski definition) is 0. The summed E-state index contributed by atoms with van der Waals surface area (Å²) in [6.07, 6.45) is 3.14. The lowest BCUT2D eigenvalue weighted by molar-refractivity contribution is -0.131. The molecule has 3 heteroatoms. The zero-order valence-corrected chi connectivity index (χ0v) is 11.8. The number of nitrogens with zero attached hydrogens (tertiary/aromatic N) is 1. The topological polar surface area (TPSA) is 20.3 Å². The maximum absolute atomic E-state index is 12.2. The molecule has 0 radical (unpaired) electrons. The molecule has 0 bridgehead atoms. The van der Waals surface area contributed by atoms with Crippen LogP contribution in [-0.4, -0.2) is 24.4 Å². The Labute approximate surface area is 114 Å². The van der Waals surface area contributed by atoms with Crippen LogP contribution in [0.2, 0.25) is 5.02 Å². The number of unbranched alkanes of at least 4 members (excludes halogenated alkanes) is 1. The van der Waals surface area contributed by atoms with Crippen molar-refractivity contribution in [1.82, 2.24) is 4.90 Å². The summed E-state index contributed by atoms with van der Waals surface area (Å²) in [6, 6.07) is 7.85. The van der Waals surface area contributed by atoms with Gasteiger partial charge in [0.15, 0.2) is 0 Å². The molecule has 1 aromatic carbocycles. The third kappa shape index (κ3) is 2.86. The monoisotopic (exact) mass is 265 g/mol. The molecule has 1 saturated carbocycles. The van der Waals surface area contributed by atoms with E-state index in [4.69, 9.17) is 11.6 Å².